The molecule has 0 bridgehead atoms. The predicted octanol–water partition coefficient (Wildman–Crippen LogP) is 2.76. The van der Waals surface area contributed by atoms with Crippen LogP contribution < -0.4 is 11.3 Å². The molecular weight excluding hydrogens is 220 g/mol. The Morgan fingerprint density at radius 3 is 2.81 bits per heavy atom. The van der Waals surface area contributed by atoms with Crippen molar-refractivity contribution in [2.75, 3.05) is 0 Å². The fourth-order valence-corrected chi connectivity index (χ4v) is 2.48. The molecule has 88 valence electrons. The van der Waals surface area contributed by atoms with Crippen LogP contribution in [0.2, 0.25) is 5.02 Å². The molecule has 0 saturated heterocycles. The molecule has 0 amide bonds. The van der Waals surface area contributed by atoms with Crippen LogP contribution in [0.4, 0.5) is 0 Å². The highest BCUT2D eigenvalue weighted by Gasteiger charge is 2.32. The van der Waals surface area contributed by atoms with Crippen molar-refractivity contribution in [1.82, 2.24) is 5.43 Å². The molecule has 0 heterocycles. The zero-order valence-electron chi connectivity index (χ0n) is 9.62. The summed E-state index contributed by atoms with van der Waals surface area (Å²) in [5, 5.41) is 0.798. The van der Waals surface area contributed by atoms with Crippen LogP contribution in [0.25, 0.3) is 0 Å². The number of nitrogens with two attached hydrogens (primary N) is 1. The Kier molecular flexibility index (Phi) is 3.85. The molecule has 0 aromatic heterocycles. The summed E-state index contributed by atoms with van der Waals surface area (Å²) in [5.41, 5.74) is 4.20. The molecule has 1 aromatic rings. The molecular formula is C13H19ClN2. The summed E-state index contributed by atoms with van der Waals surface area (Å²) in [7, 11) is 0. The van der Waals surface area contributed by atoms with Gasteiger partial charge in [0.1, 0.15) is 0 Å². The summed E-state index contributed by atoms with van der Waals surface area (Å²) < 4.78 is 0. The summed E-state index contributed by atoms with van der Waals surface area (Å²) in [6.07, 6.45) is 3.67. The van der Waals surface area contributed by atoms with Gasteiger partial charge in [0.25, 0.3) is 0 Å². The summed E-state index contributed by atoms with van der Waals surface area (Å²) >= 11 is 5.97. The van der Waals surface area contributed by atoms with Crippen LogP contribution in [0.3, 0.4) is 0 Å². The second-order valence-electron chi connectivity index (χ2n) is 4.80. The lowest BCUT2D eigenvalue weighted by Crippen LogP contribution is -2.42. The van der Waals surface area contributed by atoms with E-state index < -0.39 is 0 Å². The standard InChI is InChI=1S/C13H19ClN2/c1-9(11-5-6-11)13(16-15)8-10-3-2-4-12(14)7-10/h2-4,7,9,11,13,16H,5-6,8,15H2,1H3. The number of halogens is 1. The summed E-state index contributed by atoms with van der Waals surface area (Å²) in [5.74, 6) is 7.15. The van der Waals surface area contributed by atoms with E-state index in [1.165, 1.54) is 18.4 Å². The highest BCUT2D eigenvalue weighted by molar-refractivity contribution is 6.30. The quantitative estimate of drug-likeness (QED) is 0.612. The third-order valence-electron chi connectivity index (χ3n) is 3.56. The number of hydrogen-bond donors (Lipinski definition) is 2. The van der Waals surface area contributed by atoms with Crippen LogP contribution in [-0.4, -0.2) is 6.04 Å². The average Bonchev–Trinajstić information content (AvgIpc) is 3.09. The Hall–Kier alpha value is -0.570. The summed E-state index contributed by atoms with van der Waals surface area (Å²) in [6, 6.07) is 8.38. The van der Waals surface area contributed by atoms with Gasteiger partial charge in [-0.2, -0.15) is 0 Å². The Labute approximate surface area is 102 Å². The molecule has 16 heavy (non-hydrogen) atoms. The van der Waals surface area contributed by atoms with E-state index in [-0.39, 0.29) is 0 Å². The van der Waals surface area contributed by atoms with E-state index in [0.717, 1.165) is 17.4 Å². The molecule has 1 saturated carbocycles. The number of hydrogen-bond acceptors (Lipinski definition) is 2. The van der Waals surface area contributed by atoms with E-state index in [2.05, 4.69) is 18.4 Å². The van der Waals surface area contributed by atoms with E-state index >= 15 is 0 Å². The van der Waals surface area contributed by atoms with Crippen molar-refractivity contribution < 1.29 is 0 Å². The van der Waals surface area contributed by atoms with E-state index in [9.17, 15) is 0 Å². The minimum Gasteiger partial charge on any atom is -0.271 e. The molecule has 3 heteroatoms. The maximum absolute atomic E-state index is 5.97. The summed E-state index contributed by atoms with van der Waals surface area (Å²) in [6.45, 7) is 2.28. The third-order valence-corrected chi connectivity index (χ3v) is 3.79. The minimum atomic E-state index is 0.353. The maximum atomic E-state index is 5.97. The van der Waals surface area contributed by atoms with Crippen LogP contribution in [-0.2, 0) is 6.42 Å². The zero-order valence-corrected chi connectivity index (χ0v) is 10.4. The molecule has 2 unspecified atom stereocenters. The molecule has 0 radical (unpaired) electrons. The number of hydrazine groups is 1. The first-order valence-corrected chi connectivity index (χ1v) is 6.29. The molecule has 2 rings (SSSR count). The van der Waals surface area contributed by atoms with Crippen LogP contribution in [0, 0.1) is 11.8 Å². The van der Waals surface area contributed by atoms with Gasteiger partial charge in [-0.25, -0.2) is 0 Å². The Bertz CT molecular complexity index is 350. The van der Waals surface area contributed by atoms with Gasteiger partial charge in [-0.1, -0.05) is 30.7 Å². The summed E-state index contributed by atoms with van der Waals surface area (Å²) in [4.78, 5) is 0. The van der Waals surface area contributed by atoms with Crippen molar-refractivity contribution in [3.05, 3.63) is 34.9 Å². The highest BCUT2D eigenvalue weighted by Crippen LogP contribution is 2.38. The van der Waals surface area contributed by atoms with Gasteiger partial charge in [-0.15, -0.1) is 0 Å². The van der Waals surface area contributed by atoms with Gasteiger partial charge in [0.15, 0.2) is 0 Å². The van der Waals surface area contributed by atoms with Gasteiger partial charge >= 0.3 is 0 Å². The molecule has 2 nitrogen and oxygen atoms in total. The van der Waals surface area contributed by atoms with Crippen LogP contribution in [0.1, 0.15) is 25.3 Å². The second-order valence-corrected chi connectivity index (χ2v) is 5.24. The van der Waals surface area contributed by atoms with Gasteiger partial charge in [0, 0.05) is 11.1 Å². The molecule has 2 atom stereocenters. The third kappa shape index (κ3) is 2.97. The van der Waals surface area contributed by atoms with Crippen LogP contribution in [0.5, 0.6) is 0 Å². The molecule has 1 fully saturated rings. The van der Waals surface area contributed by atoms with Gasteiger partial charge < -0.3 is 0 Å². The number of rotatable bonds is 5. The Morgan fingerprint density at radius 2 is 2.25 bits per heavy atom. The molecule has 1 aliphatic carbocycles. The monoisotopic (exact) mass is 238 g/mol. The Morgan fingerprint density at radius 1 is 1.50 bits per heavy atom. The van der Waals surface area contributed by atoms with E-state index in [0.29, 0.717) is 12.0 Å². The van der Waals surface area contributed by atoms with E-state index in [4.69, 9.17) is 17.4 Å². The van der Waals surface area contributed by atoms with Crippen molar-refractivity contribution in [2.45, 2.75) is 32.2 Å². The lowest BCUT2D eigenvalue weighted by molar-refractivity contribution is 0.343. The van der Waals surface area contributed by atoms with Crippen molar-refractivity contribution in [3.63, 3.8) is 0 Å². The Balaban J connectivity index is 2.00. The van der Waals surface area contributed by atoms with Crippen LogP contribution in [0.15, 0.2) is 24.3 Å². The average molecular weight is 239 g/mol. The number of benzene rings is 1. The first-order chi connectivity index (χ1) is 7.70. The fourth-order valence-electron chi connectivity index (χ4n) is 2.27. The van der Waals surface area contributed by atoms with Gasteiger partial charge in [-0.3, -0.25) is 11.3 Å². The predicted molar refractivity (Wildman–Crippen MR) is 68.2 cm³/mol. The van der Waals surface area contributed by atoms with E-state index in [1.54, 1.807) is 0 Å². The van der Waals surface area contributed by atoms with Crippen molar-refractivity contribution >= 4 is 11.6 Å². The molecule has 1 aromatic carbocycles. The smallest absolute Gasteiger partial charge is 0.0408 e. The van der Waals surface area contributed by atoms with Crippen molar-refractivity contribution in [2.24, 2.45) is 17.7 Å². The highest BCUT2D eigenvalue weighted by atomic mass is 35.5. The molecule has 3 N–H and O–H groups in total. The first kappa shape index (κ1) is 11.9. The van der Waals surface area contributed by atoms with Gasteiger partial charge in [-0.05, 0) is 48.8 Å². The largest absolute Gasteiger partial charge is 0.271 e. The SMILES string of the molecule is CC(C1CC1)C(Cc1cccc(Cl)c1)NN. The van der Waals surface area contributed by atoms with Crippen molar-refractivity contribution in [1.29, 1.82) is 0 Å². The lowest BCUT2D eigenvalue weighted by atomic mass is 9.92. The van der Waals surface area contributed by atoms with Gasteiger partial charge in [0.05, 0.1) is 0 Å². The number of nitrogens with one attached hydrogen (secondary N) is 1. The first-order valence-electron chi connectivity index (χ1n) is 5.91. The molecule has 1 aliphatic rings. The maximum Gasteiger partial charge on any atom is 0.0408 e. The molecule has 0 spiro atoms. The van der Waals surface area contributed by atoms with E-state index in [1.807, 2.05) is 18.2 Å². The van der Waals surface area contributed by atoms with Gasteiger partial charge in [0.2, 0.25) is 0 Å². The topological polar surface area (TPSA) is 38.0 Å². The van der Waals surface area contributed by atoms with Crippen LogP contribution >= 0.6 is 11.6 Å². The normalized spacial score (nSPS) is 19.4. The van der Waals surface area contributed by atoms with Crippen molar-refractivity contribution in [3.8, 4) is 0 Å². The lowest BCUT2D eigenvalue weighted by Gasteiger charge is -2.23. The molecule has 0 aliphatic heterocycles. The second kappa shape index (κ2) is 5.17. The minimum absolute atomic E-state index is 0.353. The fraction of sp³-hybridized carbons (Fsp3) is 0.538. The zero-order chi connectivity index (χ0) is 11.5.